The second-order valence-electron chi connectivity index (χ2n) is 4.57. The van der Waals surface area contributed by atoms with E-state index in [0.29, 0.717) is 23.2 Å². The Kier molecular flexibility index (Phi) is 5.09. The lowest BCUT2D eigenvalue weighted by Crippen LogP contribution is -2.25. The van der Waals surface area contributed by atoms with Crippen molar-refractivity contribution in [2.24, 2.45) is 5.92 Å². The highest BCUT2D eigenvalue weighted by molar-refractivity contribution is 9.10. The van der Waals surface area contributed by atoms with Gasteiger partial charge < -0.3 is 4.90 Å². The fraction of sp³-hybridized carbons (Fsp3) is 0.385. The van der Waals surface area contributed by atoms with Crippen LogP contribution in [0.15, 0.2) is 16.6 Å². The molecule has 1 aliphatic rings. The van der Waals surface area contributed by atoms with Gasteiger partial charge in [0.2, 0.25) is 5.91 Å². The van der Waals surface area contributed by atoms with Gasteiger partial charge >= 0.3 is 0 Å². The van der Waals surface area contributed by atoms with E-state index in [9.17, 15) is 14.0 Å². The Morgan fingerprint density at radius 2 is 2.30 bits per heavy atom. The Morgan fingerprint density at radius 1 is 1.60 bits per heavy atom. The summed E-state index contributed by atoms with van der Waals surface area (Å²) >= 11 is 10.2. The van der Waals surface area contributed by atoms with Crippen molar-refractivity contribution in [1.29, 1.82) is 0 Å². The minimum atomic E-state index is -0.603. The van der Waals surface area contributed by atoms with Gasteiger partial charge in [0.05, 0.1) is 10.7 Å². The molecule has 1 unspecified atom stereocenters. The summed E-state index contributed by atoms with van der Waals surface area (Å²) in [6.45, 7) is 1.90. The van der Waals surface area contributed by atoms with E-state index in [1.807, 2.05) is 0 Å². The Bertz CT molecular complexity index is 570. The fourth-order valence-corrected chi connectivity index (χ4v) is 3.25. The molecule has 1 aromatic rings. The fourth-order valence-electron chi connectivity index (χ4n) is 2.09. The van der Waals surface area contributed by atoms with Gasteiger partial charge in [-0.1, -0.05) is 23.4 Å². The molecule has 108 valence electrons. The first kappa shape index (κ1) is 15.8. The molecular formula is C13H12BrClFNO2S. The Morgan fingerprint density at radius 3 is 2.95 bits per heavy atom. The van der Waals surface area contributed by atoms with Gasteiger partial charge in [-0.05, 0) is 34.0 Å². The lowest BCUT2D eigenvalue weighted by atomic mass is 10.1. The van der Waals surface area contributed by atoms with Gasteiger partial charge in [-0.3, -0.25) is 9.59 Å². The number of anilines is 1. The molecule has 0 radical (unpaired) electrons. The van der Waals surface area contributed by atoms with E-state index >= 15 is 0 Å². The predicted molar refractivity (Wildman–Crippen MR) is 82.7 cm³/mol. The van der Waals surface area contributed by atoms with Crippen LogP contribution in [0.1, 0.15) is 13.3 Å². The Balaban J connectivity index is 2.16. The highest BCUT2D eigenvalue weighted by atomic mass is 79.9. The molecule has 1 fully saturated rings. The zero-order valence-corrected chi connectivity index (χ0v) is 13.8. The zero-order chi connectivity index (χ0) is 14.9. The second kappa shape index (κ2) is 6.45. The third-order valence-corrected chi connectivity index (χ3v) is 5.34. The van der Waals surface area contributed by atoms with Gasteiger partial charge in [0.25, 0.3) is 0 Å². The molecule has 7 heteroatoms. The number of carbonyl (C=O) groups is 2. The van der Waals surface area contributed by atoms with Crippen molar-refractivity contribution in [3.63, 3.8) is 0 Å². The number of halogens is 3. The molecule has 1 saturated heterocycles. The quantitative estimate of drug-likeness (QED) is 0.747. The number of hydrogen-bond donors (Lipinski definition) is 0. The maximum absolute atomic E-state index is 14.1. The van der Waals surface area contributed by atoms with Gasteiger partial charge in [-0.15, -0.1) is 0 Å². The standard InChI is InChI=1S/C13H12BrClFNO2S/c1-7(18)20-6-8-4-11(19)17(5-8)10-3-2-9(14)12(15)13(10)16/h2-3,8H,4-6H2,1H3. The van der Waals surface area contributed by atoms with Crippen molar-refractivity contribution in [2.75, 3.05) is 17.2 Å². The average molecular weight is 381 g/mol. The molecule has 0 saturated carbocycles. The van der Waals surface area contributed by atoms with Crippen molar-refractivity contribution < 1.29 is 14.0 Å². The van der Waals surface area contributed by atoms with E-state index in [1.165, 1.54) is 29.7 Å². The van der Waals surface area contributed by atoms with E-state index < -0.39 is 5.82 Å². The molecule has 1 aromatic carbocycles. The van der Waals surface area contributed by atoms with Gasteiger partial charge in [-0.25, -0.2) is 4.39 Å². The zero-order valence-electron chi connectivity index (χ0n) is 10.7. The number of rotatable bonds is 3. The van der Waals surface area contributed by atoms with Crippen molar-refractivity contribution in [3.8, 4) is 0 Å². The van der Waals surface area contributed by atoms with Gasteiger partial charge in [0, 0.05) is 30.1 Å². The maximum atomic E-state index is 14.1. The van der Waals surface area contributed by atoms with Crippen LogP contribution in [0, 0.1) is 11.7 Å². The van der Waals surface area contributed by atoms with Crippen LogP contribution in [0.4, 0.5) is 10.1 Å². The van der Waals surface area contributed by atoms with Crippen molar-refractivity contribution in [3.05, 3.63) is 27.4 Å². The normalized spacial score (nSPS) is 18.7. The summed E-state index contributed by atoms with van der Waals surface area (Å²) in [7, 11) is 0. The number of nitrogens with zero attached hydrogens (tertiary/aromatic N) is 1. The molecule has 0 aliphatic carbocycles. The van der Waals surface area contributed by atoms with Gasteiger partial charge in [0.15, 0.2) is 10.9 Å². The Labute approximate surface area is 134 Å². The number of thioether (sulfide) groups is 1. The molecule has 1 heterocycles. The van der Waals surface area contributed by atoms with Crippen molar-refractivity contribution >= 4 is 56.0 Å². The number of hydrogen-bond acceptors (Lipinski definition) is 3. The lowest BCUT2D eigenvalue weighted by Gasteiger charge is -2.18. The van der Waals surface area contributed by atoms with Crippen molar-refractivity contribution in [1.82, 2.24) is 0 Å². The third-order valence-electron chi connectivity index (χ3n) is 3.03. The first-order valence-electron chi connectivity index (χ1n) is 5.97. The van der Waals surface area contributed by atoms with Crippen LogP contribution in [0.25, 0.3) is 0 Å². The molecule has 0 N–H and O–H groups in total. The number of carbonyl (C=O) groups excluding carboxylic acids is 2. The SMILES string of the molecule is CC(=O)SCC1CC(=O)N(c2ccc(Br)c(Cl)c2F)C1. The summed E-state index contributed by atoms with van der Waals surface area (Å²) in [4.78, 5) is 24.3. The molecule has 1 aliphatic heterocycles. The highest BCUT2D eigenvalue weighted by Crippen LogP contribution is 2.35. The van der Waals surface area contributed by atoms with Crippen LogP contribution in [0.2, 0.25) is 5.02 Å². The molecule has 1 atom stereocenters. The monoisotopic (exact) mass is 379 g/mol. The molecule has 20 heavy (non-hydrogen) atoms. The molecule has 2 rings (SSSR count). The van der Waals surface area contributed by atoms with Crippen LogP contribution in [0.3, 0.4) is 0 Å². The van der Waals surface area contributed by atoms with Crippen LogP contribution >= 0.6 is 39.3 Å². The molecule has 3 nitrogen and oxygen atoms in total. The molecule has 0 spiro atoms. The molecular weight excluding hydrogens is 369 g/mol. The first-order valence-corrected chi connectivity index (χ1v) is 8.13. The number of amides is 1. The van der Waals surface area contributed by atoms with Gasteiger partial charge in [0.1, 0.15) is 0 Å². The second-order valence-corrected chi connectivity index (χ2v) is 7.00. The average Bonchev–Trinajstić information content (AvgIpc) is 2.75. The highest BCUT2D eigenvalue weighted by Gasteiger charge is 2.32. The summed E-state index contributed by atoms with van der Waals surface area (Å²) in [5.41, 5.74) is 0.193. The van der Waals surface area contributed by atoms with Crippen LogP contribution in [-0.2, 0) is 9.59 Å². The Hall–Kier alpha value is -0.590. The summed E-state index contributed by atoms with van der Waals surface area (Å²) in [5, 5.41) is -0.00868. The molecule has 0 aromatic heterocycles. The smallest absolute Gasteiger partial charge is 0.227 e. The minimum Gasteiger partial charge on any atom is -0.309 e. The largest absolute Gasteiger partial charge is 0.309 e. The predicted octanol–water partition coefficient (Wildman–Crippen LogP) is 3.87. The van der Waals surface area contributed by atoms with Crippen LogP contribution in [-0.4, -0.2) is 23.3 Å². The van der Waals surface area contributed by atoms with Crippen LogP contribution in [0.5, 0.6) is 0 Å². The van der Waals surface area contributed by atoms with Crippen LogP contribution < -0.4 is 4.90 Å². The summed E-state index contributed by atoms with van der Waals surface area (Å²) < 4.78 is 14.6. The minimum absolute atomic E-state index is 0.0220. The van der Waals surface area contributed by atoms with E-state index in [1.54, 1.807) is 6.07 Å². The summed E-state index contributed by atoms with van der Waals surface area (Å²) in [6.07, 6.45) is 0.327. The summed E-state index contributed by atoms with van der Waals surface area (Å²) in [6, 6.07) is 3.15. The molecule has 0 bridgehead atoms. The first-order chi connectivity index (χ1) is 9.40. The van der Waals surface area contributed by atoms with E-state index in [4.69, 9.17) is 11.6 Å². The van der Waals surface area contributed by atoms with Gasteiger partial charge in [-0.2, -0.15) is 0 Å². The molecule has 1 amide bonds. The van der Waals surface area contributed by atoms with Crippen molar-refractivity contribution in [2.45, 2.75) is 13.3 Å². The maximum Gasteiger partial charge on any atom is 0.227 e. The van der Waals surface area contributed by atoms with E-state index in [0.717, 1.165) is 0 Å². The third kappa shape index (κ3) is 3.35. The number of benzene rings is 1. The van der Waals surface area contributed by atoms with E-state index in [2.05, 4.69) is 15.9 Å². The van der Waals surface area contributed by atoms with E-state index in [-0.39, 0.29) is 27.7 Å². The topological polar surface area (TPSA) is 37.4 Å². The summed E-state index contributed by atoms with van der Waals surface area (Å²) in [5.74, 6) is -0.118. The lowest BCUT2D eigenvalue weighted by molar-refractivity contribution is -0.117.